The standard InChI is InChI=1S/C25H15N3O8/c29-18-6-7-19(30)26(18)15-12-16(27-20(31)8-9-21(27)32)24(28-22(33)10-11-23(28)34)17(13-15)36-25(35)14-4-2-1-3-5-14/h1-13,33-34H. The van der Waals surface area contributed by atoms with Gasteiger partial charge in [0.1, 0.15) is 5.69 Å². The van der Waals surface area contributed by atoms with E-state index in [1.807, 2.05) is 0 Å². The van der Waals surface area contributed by atoms with Gasteiger partial charge in [-0.1, -0.05) is 18.2 Å². The lowest BCUT2D eigenvalue weighted by Crippen LogP contribution is -2.33. The molecular formula is C25H15N3O8. The predicted octanol–water partition coefficient (Wildman–Crippen LogP) is 1.97. The zero-order valence-corrected chi connectivity index (χ0v) is 18.2. The number of aromatic hydroxyl groups is 2. The van der Waals surface area contributed by atoms with E-state index < -0.39 is 41.4 Å². The number of ether oxygens (including phenoxy) is 1. The summed E-state index contributed by atoms with van der Waals surface area (Å²) in [7, 11) is 0. The van der Waals surface area contributed by atoms with Crippen molar-refractivity contribution >= 4 is 41.0 Å². The highest BCUT2D eigenvalue weighted by Gasteiger charge is 2.35. The second kappa shape index (κ2) is 8.40. The van der Waals surface area contributed by atoms with E-state index in [0.29, 0.717) is 4.90 Å². The Labute approximate surface area is 202 Å². The second-order valence-corrected chi connectivity index (χ2v) is 7.64. The molecule has 3 heterocycles. The number of aromatic nitrogens is 1. The van der Waals surface area contributed by atoms with Crippen molar-refractivity contribution in [2.24, 2.45) is 0 Å². The van der Waals surface area contributed by atoms with E-state index in [4.69, 9.17) is 4.74 Å². The molecular weight excluding hydrogens is 470 g/mol. The maximum Gasteiger partial charge on any atom is 0.343 e. The number of esters is 1. The van der Waals surface area contributed by atoms with Crippen LogP contribution in [-0.4, -0.2) is 44.4 Å². The van der Waals surface area contributed by atoms with E-state index in [1.54, 1.807) is 18.2 Å². The third-order valence-corrected chi connectivity index (χ3v) is 5.43. The van der Waals surface area contributed by atoms with E-state index >= 15 is 0 Å². The Morgan fingerprint density at radius 3 is 1.78 bits per heavy atom. The van der Waals surface area contributed by atoms with Crippen LogP contribution < -0.4 is 14.5 Å². The second-order valence-electron chi connectivity index (χ2n) is 7.64. The van der Waals surface area contributed by atoms with Crippen LogP contribution in [0.2, 0.25) is 0 Å². The van der Waals surface area contributed by atoms with Crippen LogP contribution in [0.4, 0.5) is 11.4 Å². The quantitative estimate of drug-likeness (QED) is 0.317. The normalized spacial score (nSPS) is 14.9. The molecule has 2 aliphatic heterocycles. The van der Waals surface area contributed by atoms with Crippen LogP contribution in [0.15, 0.2) is 78.9 Å². The lowest BCUT2D eigenvalue weighted by molar-refractivity contribution is -0.121. The minimum absolute atomic E-state index is 0.122. The van der Waals surface area contributed by atoms with Crippen molar-refractivity contribution in [2.75, 3.05) is 9.80 Å². The summed E-state index contributed by atoms with van der Waals surface area (Å²) in [5.74, 6) is -5.21. The maximum atomic E-state index is 13.0. The van der Waals surface area contributed by atoms with Crippen LogP contribution >= 0.6 is 0 Å². The van der Waals surface area contributed by atoms with E-state index in [9.17, 15) is 34.2 Å². The van der Waals surface area contributed by atoms with Gasteiger partial charge in [0, 0.05) is 42.5 Å². The molecule has 4 amide bonds. The first-order valence-corrected chi connectivity index (χ1v) is 10.4. The average Bonchev–Trinajstić information content (AvgIpc) is 3.49. The molecule has 0 unspecified atom stereocenters. The molecule has 0 radical (unpaired) electrons. The monoisotopic (exact) mass is 485 g/mol. The summed E-state index contributed by atoms with van der Waals surface area (Å²) in [4.78, 5) is 64.4. The number of anilines is 2. The average molecular weight is 485 g/mol. The number of carbonyl (C=O) groups excluding carboxylic acids is 5. The summed E-state index contributed by atoms with van der Waals surface area (Å²) in [6.45, 7) is 0. The number of benzene rings is 2. The number of rotatable bonds is 5. The van der Waals surface area contributed by atoms with Crippen LogP contribution in [0, 0.1) is 0 Å². The number of imide groups is 2. The third-order valence-electron chi connectivity index (χ3n) is 5.43. The van der Waals surface area contributed by atoms with Gasteiger partial charge in [-0.15, -0.1) is 0 Å². The lowest BCUT2D eigenvalue weighted by Gasteiger charge is -2.25. The summed E-state index contributed by atoms with van der Waals surface area (Å²) >= 11 is 0. The van der Waals surface area contributed by atoms with E-state index in [0.717, 1.165) is 52.0 Å². The van der Waals surface area contributed by atoms with Gasteiger partial charge in [-0.25, -0.2) is 19.2 Å². The van der Waals surface area contributed by atoms with E-state index in [1.165, 1.54) is 18.2 Å². The molecule has 1 aromatic heterocycles. The first kappa shape index (κ1) is 22.3. The van der Waals surface area contributed by atoms with Crippen molar-refractivity contribution in [3.8, 4) is 23.2 Å². The van der Waals surface area contributed by atoms with Gasteiger partial charge in [0.15, 0.2) is 17.5 Å². The van der Waals surface area contributed by atoms with Gasteiger partial charge in [-0.05, 0) is 18.2 Å². The van der Waals surface area contributed by atoms with Crippen LogP contribution in [-0.2, 0) is 19.2 Å². The topological polar surface area (TPSA) is 146 Å². The van der Waals surface area contributed by atoms with Crippen molar-refractivity contribution < 1.29 is 38.9 Å². The maximum absolute atomic E-state index is 13.0. The molecule has 0 aliphatic carbocycles. The fourth-order valence-electron chi connectivity index (χ4n) is 3.85. The molecule has 2 aromatic carbocycles. The highest BCUT2D eigenvalue weighted by molar-refractivity contribution is 6.31. The van der Waals surface area contributed by atoms with E-state index in [2.05, 4.69) is 0 Å². The largest absolute Gasteiger partial charge is 0.494 e. The van der Waals surface area contributed by atoms with Gasteiger partial charge >= 0.3 is 5.97 Å². The van der Waals surface area contributed by atoms with Crippen molar-refractivity contribution in [3.63, 3.8) is 0 Å². The van der Waals surface area contributed by atoms with Crippen molar-refractivity contribution in [1.29, 1.82) is 0 Å². The molecule has 11 nitrogen and oxygen atoms in total. The van der Waals surface area contributed by atoms with Gasteiger partial charge in [0.25, 0.3) is 23.6 Å². The molecule has 0 fully saturated rings. The Kier molecular flexibility index (Phi) is 5.21. The highest BCUT2D eigenvalue weighted by atomic mass is 16.5. The van der Waals surface area contributed by atoms with Crippen LogP contribution in [0.25, 0.3) is 5.69 Å². The first-order chi connectivity index (χ1) is 17.3. The zero-order valence-electron chi connectivity index (χ0n) is 18.2. The van der Waals surface area contributed by atoms with Crippen molar-refractivity contribution in [2.45, 2.75) is 0 Å². The minimum Gasteiger partial charge on any atom is -0.494 e. The molecule has 2 aliphatic rings. The number of nitrogens with zero attached hydrogens (tertiary/aromatic N) is 3. The van der Waals surface area contributed by atoms with Crippen LogP contribution in [0.3, 0.4) is 0 Å². The molecule has 11 heteroatoms. The SMILES string of the molecule is O=C(Oc1cc(N2C(=O)C=CC2=O)cc(N2C(=O)C=CC2=O)c1-n1c(O)ccc1O)c1ccccc1. The Bertz CT molecular complexity index is 1480. The Morgan fingerprint density at radius 2 is 1.22 bits per heavy atom. The predicted molar refractivity (Wildman–Crippen MR) is 124 cm³/mol. The van der Waals surface area contributed by atoms with Gasteiger partial charge in [0.2, 0.25) is 0 Å². The zero-order chi connectivity index (χ0) is 25.6. The van der Waals surface area contributed by atoms with Crippen LogP contribution in [0.5, 0.6) is 17.5 Å². The Morgan fingerprint density at radius 1 is 0.694 bits per heavy atom. The van der Waals surface area contributed by atoms with Gasteiger partial charge < -0.3 is 14.9 Å². The number of hydrogen-bond donors (Lipinski definition) is 2. The molecule has 36 heavy (non-hydrogen) atoms. The van der Waals surface area contributed by atoms with Gasteiger partial charge in [0.05, 0.1) is 16.9 Å². The summed E-state index contributed by atoms with van der Waals surface area (Å²) in [6.07, 6.45) is 4.06. The summed E-state index contributed by atoms with van der Waals surface area (Å²) in [5.41, 5.74) is -0.511. The minimum atomic E-state index is -0.861. The summed E-state index contributed by atoms with van der Waals surface area (Å²) < 4.78 is 6.43. The number of amides is 4. The smallest absolute Gasteiger partial charge is 0.343 e. The molecule has 3 aromatic rings. The first-order valence-electron chi connectivity index (χ1n) is 10.4. The Hall–Kier alpha value is -5.45. The van der Waals surface area contributed by atoms with Gasteiger partial charge in [-0.2, -0.15) is 0 Å². The number of hydrogen-bond acceptors (Lipinski definition) is 8. The lowest BCUT2D eigenvalue weighted by atomic mass is 10.1. The Balaban J connectivity index is 1.78. The number of carbonyl (C=O) groups is 5. The highest BCUT2D eigenvalue weighted by Crippen LogP contribution is 2.44. The summed E-state index contributed by atoms with van der Waals surface area (Å²) in [6, 6.07) is 12.4. The van der Waals surface area contributed by atoms with Crippen molar-refractivity contribution in [3.05, 3.63) is 84.5 Å². The molecule has 0 bridgehead atoms. The van der Waals surface area contributed by atoms with Crippen molar-refractivity contribution in [1.82, 2.24) is 4.57 Å². The van der Waals surface area contributed by atoms with Crippen LogP contribution in [0.1, 0.15) is 10.4 Å². The van der Waals surface area contributed by atoms with Gasteiger partial charge in [-0.3, -0.25) is 19.2 Å². The molecule has 0 saturated carbocycles. The molecule has 2 N–H and O–H groups in total. The fourth-order valence-corrected chi connectivity index (χ4v) is 3.85. The molecule has 0 spiro atoms. The third kappa shape index (κ3) is 3.60. The molecule has 5 rings (SSSR count). The molecule has 178 valence electrons. The van der Waals surface area contributed by atoms with E-state index in [-0.39, 0.29) is 28.4 Å². The molecule has 0 saturated heterocycles. The molecule has 0 atom stereocenters. The summed E-state index contributed by atoms with van der Waals surface area (Å²) in [5, 5.41) is 20.9. The fraction of sp³-hybridized carbons (Fsp3) is 0.